The lowest BCUT2D eigenvalue weighted by molar-refractivity contribution is -0.136. The highest BCUT2D eigenvalue weighted by atomic mass is 16.6. The van der Waals surface area contributed by atoms with Crippen molar-refractivity contribution < 1.29 is 14.7 Å². The van der Waals surface area contributed by atoms with Crippen molar-refractivity contribution in [2.75, 3.05) is 7.11 Å². The van der Waals surface area contributed by atoms with Gasteiger partial charge in [-0.2, -0.15) is 0 Å². The predicted octanol–water partition coefficient (Wildman–Crippen LogP) is 6.06. The summed E-state index contributed by atoms with van der Waals surface area (Å²) >= 11 is 0. The molecule has 3 heterocycles. The first-order valence-corrected chi connectivity index (χ1v) is 15.2. The third-order valence-electron chi connectivity index (χ3n) is 9.21. The molecule has 2 saturated heterocycles. The molecule has 1 aliphatic carbocycles. The van der Waals surface area contributed by atoms with Crippen molar-refractivity contribution in [3.05, 3.63) is 40.3 Å². The molecule has 1 saturated carbocycles. The quantitative estimate of drug-likeness (QED) is 0.341. The maximum atomic E-state index is 14.1. The van der Waals surface area contributed by atoms with Gasteiger partial charge in [-0.25, -0.2) is 4.98 Å². The van der Waals surface area contributed by atoms with Gasteiger partial charge < -0.3 is 14.5 Å². The Morgan fingerprint density at radius 1 is 0.897 bits per heavy atom. The fourth-order valence-corrected chi connectivity index (χ4v) is 7.53. The van der Waals surface area contributed by atoms with Gasteiger partial charge in [-0.3, -0.25) is 14.5 Å². The summed E-state index contributed by atoms with van der Waals surface area (Å²) in [6, 6.07) is 9.54. The smallest absolute Gasteiger partial charge is 0.303 e. The monoisotopic (exact) mass is 536 g/mol. The average molecular weight is 537 g/mol. The number of nitrogens with zero attached hydrogens (tertiary/aromatic N) is 4. The van der Waals surface area contributed by atoms with Gasteiger partial charge in [0.15, 0.2) is 5.69 Å². The number of carboxylic acids is 1. The second-order valence-corrected chi connectivity index (χ2v) is 11.8. The van der Waals surface area contributed by atoms with E-state index in [4.69, 9.17) is 4.84 Å². The molecule has 3 fully saturated rings. The molecule has 3 aliphatic rings. The molecule has 0 amide bonds. The van der Waals surface area contributed by atoms with Crippen LogP contribution >= 0.6 is 0 Å². The van der Waals surface area contributed by atoms with E-state index in [0.29, 0.717) is 23.8 Å². The lowest BCUT2D eigenvalue weighted by Gasteiger charge is -2.53. The molecule has 1 aromatic heterocycles. The van der Waals surface area contributed by atoms with Crippen LogP contribution < -0.4 is 5.56 Å². The van der Waals surface area contributed by atoms with Crippen molar-refractivity contribution in [1.82, 2.24) is 14.5 Å². The molecular formula is C31H44N4O4. The first-order chi connectivity index (χ1) is 19.1. The van der Waals surface area contributed by atoms with Gasteiger partial charge >= 0.3 is 5.97 Å². The van der Waals surface area contributed by atoms with E-state index in [-0.39, 0.29) is 30.1 Å². The highest BCUT2D eigenvalue weighted by Gasteiger charge is 2.42. The number of benzene rings is 1. The average Bonchev–Trinajstić information content (AvgIpc) is 2.93. The number of oxime groups is 1. The Bertz CT molecular complexity index is 1200. The largest absolute Gasteiger partial charge is 0.481 e. The van der Waals surface area contributed by atoms with Gasteiger partial charge in [0, 0.05) is 30.6 Å². The zero-order chi connectivity index (χ0) is 27.2. The Hall–Kier alpha value is -2.74. The van der Waals surface area contributed by atoms with Crippen LogP contribution in [0.4, 0.5) is 0 Å². The van der Waals surface area contributed by atoms with Crippen LogP contribution in [-0.4, -0.2) is 56.5 Å². The van der Waals surface area contributed by atoms with E-state index in [1.165, 1.54) is 84.2 Å². The summed E-state index contributed by atoms with van der Waals surface area (Å²) in [6.07, 6.45) is 17.7. The third kappa shape index (κ3) is 6.37. The van der Waals surface area contributed by atoms with E-state index in [9.17, 15) is 14.7 Å². The second kappa shape index (κ2) is 13.1. The van der Waals surface area contributed by atoms with Crippen LogP contribution in [0.2, 0.25) is 0 Å². The maximum absolute atomic E-state index is 14.1. The number of rotatable bonds is 7. The zero-order valence-corrected chi connectivity index (χ0v) is 23.4. The van der Waals surface area contributed by atoms with E-state index < -0.39 is 5.97 Å². The van der Waals surface area contributed by atoms with Gasteiger partial charge in [0.05, 0.1) is 17.5 Å². The minimum atomic E-state index is -0.944. The van der Waals surface area contributed by atoms with Gasteiger partial charge in [0.25, 0.3) is 5.56 Å². The fourth-order valence-electron chi connectivity index (χ4n) is 7.53. The number of aromatic nitrogens is 2. The first kappa shape index (κ1) is 27.8. The van der Waals surface area contributed by atoms with Crippen molar-refractivity contribution in [1.29, 1.82) is 0 Å². The van der Waals surface area contributed by atoms with Gasteiger partial charge in [-0.05, 0) is 50.7 Å². The predicted molar refractivity (Wildman–Crippen MR) is 153 cm³/mol. The summed E-state index contributed by atoms with van der Waals surface area (Å²) in [5.41, 5.74) is 1.88. The number of aliphatic carboxylic acids is 1. The van der Waals surface area contributed by atoms with Crippen molar-refractivity contribution >= 4 is 22.7 Å². The molecule has 2 aromatic rings. The second-order valence-electron chi connectivity index (χ2n) is 11.8. The summed E-state index contributed by atoms with van der Waals surface area (Å²) in [6.45, 7) is 0. The summed E-state index contributed by atoms with van der Waals surface area (Å²) in [4.78, 5) is 38.0. The van der Waals surface area contributed by atoms with Crippen LogP contribution in [0.15, 0.2) is 34.2 Å². The van der Waals surface area contributed by atoms with Gasteiger partial charge in [-0.1, -0.05) is 68.7 Å². The number of hydrogen-bond donors (Lipinski definition) is 1. The molecule has 8 heteroatoms. The Balaban J connectivity index is 1.48. The number of para-hydroxylation sites is 2. The number of fused-ring (bicyclic) bond motifs is 3. The van der Waals surface area contributed by atoms with E-state index >= 15 is 0 Å². The Labute approximate surface area is 231 Å². The SMILES string of the molecule is CON=C(CCC(=O)O)c1nc2ccccc2n(C2CC3CCCC(C2)N3C2CCCCCCCCC2)c1=O. The van der Waals surface area contributed by atoms with Crippen LogP contribution in [0, 0.1) is 0 Å². The molecule has 2 unspecified atom stereocenters. The maximum Gasteiger partial charge on any atom is 0.303 e. The van der Waals surface area contributed by atoms with Crippen molar-refractivity contribution in [2.24, 2.45) is 5.16 Å². The molecular weight excluding hydrogens is 492 g/mol. The highest BCUT2D eigenvalue weighted by molar-refractivity contribution is 6.00. The summed E-state index contributed by atoms with van der Waals surface area (Å²) < 4.78 is 1.96. The summed E-state index contributed by atoms with van der Waals surface area (Å²) in [7, 11) is 1.41. The Morgan fingerprint density at radius 3 is 2.15 bits per heavy atom. The van der Waals surface area contributed by atoms with Crippen LogP contribution in [0.5, 0.6) is 0 Å². The lowest BCUT2D eigenvalue weighted by Crippen LogP contribution is -2.57. The van der Waals surface area contributed by atoms with Crippen molar-refractivity contribution in [3.8, 4) is 0 Å². The molecule has 1 aromatic carbocycles. The Kier molecular flexibility index (Phi) is 9.32. The summed E-state index contributed by atoms with van der Waals surface area (Å²) in [5.74, 6) is -0.944. The molecule has 5 rings (SSSR count). The molecule has 2 aliphatic heterocycles. The minimum Gasteiger partial charge on any atom is -0.481 e. The zero-order valence-electron chi connectivity index (χ0n) is 23.4. The van der Waals surface area contributed by atoms with Crippen LogP contribution in [0.3, 0.4) is 0 Å². The van der Waals surface area contributed by atoms with E-state index in [2.05, 4.69) is 15.0 Å². The van der Waals surface area contributed by atoms with E-state index in [0.717, 1.165) is 23.9 Å². The van der Waals surface area contributed by atoms with Crippen molar-refractivity contribution in [3.63, 3.8) is 0 Å². The first-order valence-electron chi connectivity index (χ1n) is 15.2. The number of hydrogen-bond acceptors (Lipinski definition) is 6. The standard InChI is InChI=1S/C31H44N4O4/c1-39-33-27(18-19-29(36)37)30-31(38)35(28-17-10-9-16-26(28)32-30)25-20-23-14-11-15-24(21-25)34(23)22-12-7-5-3-2-4-6-8-13-22/h9-10,16-17,22-25H,2-8,11-15,18-21H2,1H3,(H,36,37). The molecule has 0 radical (unpaired) electrons. The third-order valence-corrected chi connectivity index (χ3v) is 9.21. The number of carboxylic acid groups (broad SMARTS) is 1. The molecule has 2 bridgehead atoms. The molecule has 39 heavy (non-hydrogen) atoms. The molecule has 2 atom stereocenters. The fraction of sp³-hybridized carbons (Fsp3) is 0.677. The van der Waals surface area contributed by atoms with E-state index in [1.807, 2.05) is 28.8 Å². The van der Waals surface area contributed by atoms with Crippen LogP contribution in [0.1, 0.15) is 114 Å². The van der Waals surface area contributed by atoms with Crippen LogP contribution in [-0.2, 0) is 9.63 Å². The molecule has 1 N–H and O–H groups in total. The van der Waals surface area contributed by atoms with Gasteiger partial charge in [-0.15, -0.1) is 0 Å². The number of piperidine rings is 2. The summed E-state index contributed by atoms with van der Waals surface area (Å²) in [5, 5.41) is 13.3. The lowest BCUT2D eigenvalue weighted by atomic mass is 9.79. The Morgan fingerprint density at radius 2 is 1.51 bits per heavy atom. The topological polar surface area (TPSA) is 97.0 Å². The van der Waals surface area contributed by atoms with Crippen LogP contribution in [0.25, 0.3) is 11.0 Å². The van der Waals surface area contributed by atoms with Gasteiger partial charge in [0.2, 0.25) is 0 Å². The molecule has 212 valence electrons. The number of carbonyl (C=O) groups is 1. The normalized spacial score (nSPS) is 25.9. The molecule has 0 spiro atoms. The molecule has 8 nitrogen and oxygen atoms in total. The van der Waals surface area contributed by atoms with Crippen molar-refractivity contribution in [2.45, 2.75) is 127 Å². The minimum absolute atomic E-state index is 0.0819. The van der Waals surface area contributed by atoms with E-state index in [1.54, 1.807) is 0 Å². The van der Waals surface area contributed by atoms with Gasteiger partial charge in [0.1, 0.15) is 12.8 Å². The highest BCUT2D eigenvalue weighted by Crippen LogP contribution is 2.42.